The van der Waals surface area contributed by atoms with Gasteiger partial charge in [0.15, 0.2) is 0 Å². The van der Waals surface area contributed by atoms with Crippen LogP contribution in [0.25, 0.3) is 0 Å². The summed E-state index contributed by atoms with van der Waals surface area (Å²) in [6.45, 7) is 13.7. The Morgan fingerprint density at radius 2 is 1.67 bits per heavy atom. The van der Waals surface area contributed by atoms with Crippen LogP contribution in [-0.2, 0) is 0 Å². The van der Waals surface area contributed by atoms with Crippen LogP contribution in [0.4, 0.5) is 0 Å². The van der Waals surface area contributed by atoms with E-state index in [1.165, 1.54) is 13.0 Å². The summed E-state index contributed by atoms with van der Waals surface area (Å²) in [6, 6.07) is 0. The number of nitrogens with one attached hydrogen (secondary N) is 1. The maximum atomic E-state index is 3.44. The lowest BCUT2D eigenvalue weighted by Crippen LogP contribution is -2.27. The van der Waals surface area contributed by atoms with Crippen molar-refractivity contribution in [1.82, 2.24) is 5.32 Å². The molecule has 0 aliphatic heterocycles. The van der Waals surface area contributed by atoms with E-state index in [0.29, 0.717) is 0 Å². The molecule has 1 atom stereocenters. The van der Waals surface area contributed by atoms with E-state index in [2.05, 4.69) is 39.9 Å². The molecule has 0 radical (unpaired) electrons. The van der Waals surface area contributed by atoms with E-state index in [4.69, 9.17) is 0 Å². The zero-order chi connectivity index (χ0) is 9.56. The van der Waals surface area contributed by atoms with Gasteiger partial charge in [-0.2, -0.15) is 0 Å². The minimum atomic E-state index is 0.812. The fraction of sp³-hybridized carbons (Fsp3) is 1.00. The Bertz CT molecular complexity index is 97.2. The fourth-order valence-electron chi connectivity index (χ4n) is 1.53. The van der Waals surface area contributed by atoms with Crippen LogP contribution in [0.5, 0.6) is 0 Å². The molecule has 12 heavy (non-hydrogen) atoms. The van der Waals surface area contributed by atoms with Crippen LogP contribution in [0.2, 0.25) is 0 Å². The van der Waals surface area contributed by atoms with E-state index in [1.54, 1.807) is 0 Å². The zero-order valence-electron chi connectivity index (χ0n) is 9.35. The molecule has 0 rings (SSSR count). The Kier molecular flexibility index (Phi) is 6.45. The molecule has 0 spiro atoms. The zero-order valence-corrected chi connectivity index (χ0v) is 9.35. The van der Waals surface area contributed by atoms with Gasteiger partial charge in [0.2, 0.25) is 0 Å². The summed E-state index contributed by atoms with van der Waals surface area (Å²) in [7, 11) is 0. The van der Waals surface area contributed by atoms with Crippen molar-refractivity contribution in [2.24, 2.45) is 17.8 Å². The molecule has 1 heteroatoms. The average molecular weight is 171 g/mol. The van der Waals surface area contributed by atoms with E-state index < -0.39 is 0 Å². The molecule has 1 unspecified atom stereocenters. The van der Waals surface area contributed by atoms with E-state index >= 15 is 0 Å². The lowest BCUT2D eigenvalue weighted by molar-refractivity contribution is 0.306. The Hall–Kier alpha value is -0.0400. The topological polar surface area (TPSA) is 12.0 Å². The predicted octanol–water partition coefficient (Wildman–Crippen LogP) is 2.91. The minimum absolute atomic E-state index is 0.812. The molecule has 0 aromatic rings. The molecular formula is C11H25N. The van der Waals surface area contributed by atoms with Crippen LogP contribution in [0.15, 0.2) is 0 Å². The Morgan fingerprint density at radius 1 is 1.08 bits per heavy atom. The SMILES string of the molecule is CCNCC(CC(C)C)C(C)C. The first kappa shape index (κ1) is 12.0. The number of rotatable bonds is 6. The molecule has 1 N–H and O–H groups in total. The van der Waals surface area contributed by atoms with Crippen molar-refractivity contribution in [3.63, 3.8) is 0 Å². The van der Waals surface area contributed by atoms with Crippen LogP contribution in [0, 0.1) is 17.8 Å². The normalized spacial score (nSPS) is 14.2. The van der Waals surface area contributed by atoms with Gasteiger partial charge in [-0.15, -0.1) is 0 Å². The van der Waals surface area contributed by atoms with Crippen LogP contribution in [0.3, 0.4) is 0 Å². The molecule has 74 valence electrons. The van der Waals surface area contributed by atoms with Crippen molar-refractivity contribution >= 4 is 0 Å². The van der Waals surface area contributed by atoms with Gasteiger partial charge in [-0.1, -0.05) is 34.6 Å². The molecule has 0 fully saturated rings. The number of hydrogen-bond acceptors (Lipinski definition) is 1. The largest absolute Gasteiger partial charge is 0.317 e. The summed E-state index contributed by atoms with van der Waals surface area (Å²) < 4.78 is 0. The van der Waals surface area contributed by atoms with Crippen molar-refractivity contribution < 1.29 is 0 Å². The summed E-state index contributed by atoms with van der Waals surface area (Å²) in [5.41, 5.74) is 0. The Balaban J connectivity index is 3.70. The smallest absolute Gasteiger partial charge is 0.00181 e. The van der Waals surface area contributed by atoms with Gasteiger partial charge < -0.3 is 5.32 Å². The van der Waals surface area contributed by atoms with Gasteiger partial charge >= 0.3 is 0 Å². The molecule has 0 amide bonds. The van der Waals surface area contributed by atoms with Gasteiger partial charge in [0, 0.05) is 0 Å². The van der Waals surface area contributed by atoms with Crippen LogP contribution in [-0.4, -0.2) is 13.1 Å². The third-order valence-corrected chi connectivity index (χ3v) is 2.37. The highest BCUT2D eigenvalue weighted by Crippen LogP contribution is 2.19. The van der Waals surface area contributed by atoms with Gasteiger partial charge in [-0.3, -0.25) is 0 Å². The second-order valence-corrected chi connectivity index (χ2v) is 4.44. The van der Waals surface area contributed by atoms with Gasteiger partial charge in [-0.05, 0) is 37.3 Å². The summed E-state index contributed by atoms with van der Waals surface area (Å²) in [6.07, 6.45) is 1.35. The fourth-order valence-corrected chi connectivity index (χ4v) is 1.53. The van der Waals surface area contributed by atoms with Crippen molar-refractivity contribution in [2.45, 2.75) is 41.0 Å². The summed E-state index contributed by atoms with van der Waals surface area (Å²) >= 11 is 0. The third-order valence-electron chi connectivity index (χ3n) is 2.37. The van der Waals surface area contributed by atoms with E-state index in [9.17, 15) is 0 Å². The molecular weight excluding hydrogens is 146 g/mol. The molecule has 0 saturated carbocycles. The van der Waals surface area contributed by atoms with E-state index in [0.717, 1.165) is 24.3 Å². The first-order valence-electron chi connectivity index (χ1n) is 5.28. The molecule has 0 heterocycles. The first-order valence-corrected chi connectivity index (χ1v) is 5.28. The third kappa shape index (κ3) is 5.59. The second kappa shape index (κ2) is 6.47. The molecule has 0 aliphatic rings. The van der Waals surface area contributed by atoms with Crippen LogP contribution < -0.4 is 5.32 Å². The second-order valence-electron chi connectivity index (χ2n) is 4.44. The highest BCUT2D eigenvalue weighted by Gasteiger charge is 2.13. The monoisotopic (exact) mass is 171 g/mol. The van der Waals surface area contributed by atoms with Crippen molar-refractivity contribution in [3.8, 4) is 0 Å². The summed E-state index contributed by atoms with van der Waals surface area (Å²) in [4.78, 5) is 0. The van der Waals surface area contributed by atoms with Gasteiger partial charge in [-0.25, -0.2) is 0 Å². The lowest BCUT2D eigenvalue weighted by atomic mass is 9.87. The van der Waals surface area contributed by atoms with Crippen molar-refractivity contribution in [3.05, 3.63) is 0 Å². The Morgan fingerprint density at radius 3 is 2.00 bits per heavy atom. The van der Waals surface area contributed by atoms with Crippen LogP contribution in [0.1, 0.15) is 41.0 Å². The predicted molar refractivity (Wildman–Crippen MR) is 56.3 cm³/mol. The molecule has 0 bridgehead atoms. The van der Waals surface area contributed by atoms with E-state index in [-0.39, 0.29) is 0 Å². The lowest BCUT2D eigenvalue weighted by Gasteiger charge is -2.22. The van der Waals surface area contributed by atoms with Gasteiger partial charge in [0.05, 0.1) is 0 Å². The number of hydrogen-bond donors (Lipinski definition) is 1. The summed E-state index contributed by atoms with van der Waals surface area (Å²) in [5.74, 6) is 2.49. The summed E-state index contributed by atoms with van der Waals surface area (Å²) in [5, 5.41) is 3.44. The minimum Gasteiger partial charge on any atom is -0.317 e. The maximum Gasteiger partial charge on any atom is -0.00181 e. The van der Waals surface area contributed by atoms with Crippen molar-refractivity contribution in [2.75, 3.05) is 13.1 Å². The highest BCUT2D eigenvalue weighted by molar-refractivity contribution is 4.67. The molecule has 0 aromatic carbocycles. The molecule has 0 saturated heterocycles. The van der Waals surface area contributed by atoms with E-state index in [1.807, 2.05) is 0 Å². The average Bonchev–Trinajstić information content (AvgIpc) is 1.96. The van der Waals surface area contributed by atoms with Crippen LogP contribution >= 0.6 is 0 Å². The molecule has 1 nitrogen and oxygen atoms in total. The standard InChI is InChI=1S/C11H25N/c1-6-12-8-11(10(4)5)7-9(2)3/h9-12H,6-8H2,1-5H3. The maximum absolute atomic E-state index is 3.44. The Labute approximate surface area is 77.9 Å². The first-order chi connectivity index (χ1) is 5.57. The van der Waals surface area contributed by atoms with Gasteiger partial charge in [0.1, 0.15) is 0 Å². The quantitative estimate of drug-likeness (QED) is 0.648. The molecule has 0 aliphatic carbocycles. The van der Waals surface area contributed by atoms with Gasteiger partial charge in [0.25, 0.3) is 0 Å². The van der Waals surface area contributed by atoms with Crippen molar-refractivity contribution in [1.29, 1.82) is 0 Å². The highest BCUT2D eigenvalue weighted by atomic mass is 14.8. The molecule has 0 aromatic heterocycles.